The van der Waals surface area contributed by atoms with E-state index in [1.165, 1.54) is 0 Å². The van der Waals surface area contributed by atoms with E-state index in [-0.39, 0.29) is 5.60 Å². The fraction of sp³-hybridized carbons (Fsp3) is 1.00. The molecule has 0 aromatic carbocycles. The molecule has 76 valence electrons. The Labute approximate surface area is 82.4 Å². The van der Waals surface area contributed by atoms with Crippen LogP contribution in [-0.4, -0.2) is 32.2 Å². The van der Waals surface area contributed by atoms with E-state index < -0.39 is 0 Å². The standard InChI is InChI=1S/C10H21BO2/c1-7-5-8(13-9(7)11)6-12-10(2,3)4/h7-9H,5-6,11H2,1-4H3/t7-,8?,9?/m1/s1. The Hall–Kier alpha value is -0.0151. The van der Waals surface area contributed by atoms with E-state index >= 15 is 0 Å². The van der Waals surface area contributed by atoms with Gasteiger partial charge in [-0.1, -0.05) is 6.92 Å². The van der Waals surface area contributed by atoms with Gasteiger partial charge in [0.05, 0.1) is 18.3 Å². The molecule has 0 bridgehead atoms. The van der Waals surface area contributed by atoms with Crippen LogP contribution in [0.2, 0.25) is 0 Å². The van der Waals surface area contributed by atoms with Crippen LogP contribution in [-0.2, 0) is 9.47 Å². The van der Waals surface area contributed by atoms with Crippen molar-refractivity contribution in [1.29, 1.82) is 0 Å². The molecule has 1 heterocycles. The maximum Gasteiger partial charge on any atom is 0.139 e. The summed E-state index contributed by atoms with van der Waals surface area (Å²) in [5, 5.41) is 0. The zero-order valence-corrected chi connectivity index (χ0v) is 9.46. The summed E-state index contributed by atoms with van der Waals surface area (Å²) in [6.07, 6.45) is 1.45. The lowest BCUT2D eigenvalue weighted by Crippen LogP contribution is -2.26. The lowest BCUT2D eigenvalue weighted by Gasteiger charge is -2.22. The van der Waals surface area contributed by atoms with Gasteiger partial charge >= 0.3 is 0 Å². The summed E-state index contributed by atoms with van der Waals surface area (Å²) in [4.78, 5) is 0. The van der Waals surface area contributed by atoms with Gasteiger partial charge in [0.1, 0.15) is 7.85 Å². The molecule has 0 spiro atoms. The number of hydrogen-bond donors (Lipinski definition) is 0. The molecule has 13 heavy (non-hydrogen) atoms. The molecule has 2 unspecified atom stereocenters. The molecular formula is C10H21BO2. The van der Waals surface area contributed by atoms with Gasteiger partial charge < -0.3 is 9.47 Å². The molecule has 1 saturated heterocycles. The van der Waals surface area contributed by atoms with E-state index in [9.17, 15) is 0 Å². The van der Waals surface area contributed by atoms with Crippen molar-refractivity contribution in [3.05, 3.63) is 0 Å². The summed E-state index contributed by atoms with van der Waals surface area (Å²) in [5.74, 6) is 0.675. The minimum absolute atomic E-state index is 0.0432. The van der Waals surface area contributed by atoms with Crippen molar-refractivity contribution >= 4 is 7.85 Å². The van der Waals surface area contributed by atoms with Gasteiger partial charge in [-0.2, -0.15) is 0 Å². The van der Waals surface area contributed by atoms with Crippen LogP contribution in [0.3, 0.4) is 0 Å². The maximum absolute atomic E-state index is 5.74. The van der Waals surface area contributed by atoms with Gasteiger partial charge in [0, 0.05) is 6.00 Å². The van der Waals surface area contributed by atoms with Crippen LogP contribution in [0, 0.1) is 5.92 Å². The molecule has 0 amide bonds. The van der Waals surface area contributed by atoms with Crippen LogP contribution in [0.1, 0.15) is 34.1 Å². The second-order valence-corrected chi connectivity index (χ2v) is 5.10. The normalized spacial score (nSPS) is 35.2. The predicted molar refractivity (Wildman–Crippen MR) is 56.7 cm³/mol. The summed E-state index contributed by atoms with van der Waals surface area (Å²) in [6.45, 7) is 9.21. The summed E-state index contributed by atoms with van der Waals surface area (Å²) in [5.41, 5.74) is -0.0432. The van der Waals surface area contributed by atoms with Crippen molar-refractivity contribution in [2.24, 2.45) is 5.92 Å². The summed E-state index contributed by atoms with van der Waals surface area (Å²) >= 11 is 0. The third-order valence-corrected chi connectivity index (χ3v) is 2.55. The first-order valence-corrected chi connectivity index (χ1v) is 5.18. The molecule has 0 aromatic heterocycles. The summed E-state index contributed by atoms with van der Waals surface area (Å²) < 4.78 is 11.4. The third-order valence-electron chi connectivity index (χ3n) is 2.55. The highest BCUT2D eigenvalue weighted by Gasteiger charge is 2.29. The van der Waals surface area contributed by atoms with Gasteiger partial charge in [-0.3, -0.25) is 0 Å². The Kier molecular flexibility index (Phi) is 3.41. The van der Waals surface area contributed by atoms with Crippen molar-refractivity contribution < 1.29 is 9.47 Å². The fourth-order valence-electron chi connectivity index (χ4n) is 1.55. The lowest BCUT2D eigenvalue weighted by atomic mass is 9.88. The molecule has 1 rings (SSSR count). The van der Waals surface area contributed by atoms with Gasteiger partial charge in [0.2, 0.25) is 0 Å². The van der Waals surface area contributed by atoms with E-state index in [4.69, 9.17) is 9.47 Å². The molecule has 0 saturated carbocycles. The summed E-state index contributed by atoms with van der Waals surface area (Å²) in [7, 11) is 2.14. The van der Waals surface area contributed by atoms with Gasteiger partial charge in [-0.25, -0.2) is 0 Å². The Morgan fingerprint density at radius 2 is 2.08 bits per heavy atom. The van der Waals surface area contributed by atoms with Crippen molar-refractivity contribution in [2.75, 3.05) is 6.61 Å². The SMILES string of the molecule is BC1OC(COC(C)(C)C)C[C@H]1C. The average molecular weight is 184 g/mol. The molecule has 1 aliphatic heterocycles. The van der Waals surface area contributed by atoms with Crippen molar-refractivity contribution in [3.63, 3.8) is 0 Å². The van der Waals surface area contributed by atoms with E-state index in [0.717, 1.165) is 13.0 Å². The molecule has 3 atom stereocenters. The molecule has 2 nitrogen and oxygen atoms in total. The van der Waals surface area contributed by atoms with Crippen LogP contribution in [0.15, 0.2) is 0 Å². The zero-order valence-electron chi connectivity index (χ0n) is 9.46. The second-order valence-electron chi connectivity index (χ2n) is 5.10. The Morgan fingerprint density at radius 3 is 2.46 bits per heavy atom. The topological polar surface area (TPSA) is 18.5 Å². The van der Waals surface area contributed by atoms with E-state index in [1.807, 2.05) is 0 Å². The molecule has 1 fully saturated rings. The number of rotatable bonds is 2. The molecule has 0 aromatic rings. The molecule has 0 radical (unpaired) electrons. The first-order valence-electron chi connectivity index (χ1n) is 5.18. The van der Waals surface area contributed by atoms with Crippen LogP contribution >= 0.6 is 0 Å². The molecule has 3 heteroatoms. The fourth-order valence-corrected chi connectivity index (χ4v) is 1.55. The number of hydrogen-bond acceptors (Lipinski definition) is 2. The lowest BCUT2D eigenvalue weighted by molar-refractivity contribution is -0.0598. The minimum atomic E-state index is -0.0432. The van der Waals surface area contributed by atoms with Gasteiger partial charge in [0.15, 0.2) is 0 Å². The summed E-state index contributed by atoms with van der Waals surface area (Å²) in [6, 6.07) is 0.397. The smallest absolute Gasteiger partial charge is 0.139 e. The molecule has 0 N–H and O–H groups in total. The van der Waals surface area contributed by atoms with Crippen LogP contribution in [0.25, 0.3) is 0 Å². The highest BCUT2D eigenvalue weighted by molar-refractivity contribution is 6.11. The quantitative estimate of drug-likeness (QED) is 0.600. The second kappa shape index (κ2) is 4.01. The van der Waals surface area contributed by atoms with Crippen LogP contribution in [0.5, 0.6) is 0 Å². The van der Waals surface area contributed by atoms with Crippen molar-refractivity contribution in [1.82, 2.24) is 0 Å². The monoisotopic (exact) mass is 184 g/mol. The van der Waals surface area contributed by atoms with Gasteiger partial charge in [-0.15, -0.1) is 0 Å². The molecule has 0 aliphatic carbocycles. The first-order chi connectivity index (χ1) is 5.88. The van der Waals surface area contributed by atoms with E-state index in [2.05, 4.69) is 35.5 Å². The van der Waals surface area contributed by atoms with Crippen molar-refractivity contribution in [3.8, 4) is 0 Å². The largest absolute Gasteiger partial charge is 0.381 e. The Morgan fingerprint density at radius 1 is 1.46 bits per heavy atom. The van der Waals surface area contributed by atoms with Crippen molar-refractivity contribution in [2.45, 2.75) is 51.8 Å². The predicted octanol–water partition coefficient (Wildman–Crippen LogP) is 1.19. The van der Waals surface area contributed by atoms with Gasteiger partial charge in [0.25, 0.3) is 0 Å². The van der Waals surface area contributed by atoms with Crippen LogP contribution < -0.4 is 0 Å². The maximum atomic E-state index is 5.74. The highest BCUT2D eigenvalue weighted by Crippen LogP contribution is 2.25. The average Bonchev–Trinajstić information content (AvgIpc) is 2.27. The Balaban J connectivity index is 2.25. The van der Waals surface area contributed by atoms with Crippen LogP contribution in [0.4, 0.5) is 0 Å². The van der Waals surface area contributed by atoms with E-state index in [0.29, 0.717) is 18.0 Å². The first kappa shape index (κ1) is 11.1. The minimum Gasteiger partial charge on any atom is -0.381 e. The van der Waals surface area contributed by atoms with Gasteiger partial charge in [-0.05, 0) is 33.1 Å². The third kappa shape index (κ3) is 3.69. The Bertz CT molecular complexity index is 155. The van der Waals surface area contributed by atoms with E-state index in [1.54, 1.807) is 0 Å². The number of ether oxygens (including phenoxy) is 2. The highest BCUT2D eigenvalue weighted by atomic mass is 16.5. The molecule has 1 aliphatic rings. The zero-order chi connectivity index (χ0) is 10.1. The molecular weight excluding hydrogens is 163 g/mol.